The minimum Gasteiger partial charge on any atom is -0.353 e. The Morgan fingerprint density at radius 1 is 1.37 bits per heavy atom. The van der Waals surface area contributed by atoms with Crippen LogP contribution in [0, 0.1) is 0 Å². The molecule has 1 amide bonds. The number of carbonyl (C=O) groups is 1. The van der Waals surface area contributed by atoms with Crippen LogP contribution in [0.2, 0.25) is 0 Å². The lowest BCUT2D eigenvalue weighted by atomic mass is 10.0. The molecule has 3 nitrogen and oxygen atoms in total. The van der Waals surface area contributed by atoms with Crippen molar-refractivity contribution < 1.29 is 4.79 Å². The number of carbonyl (C=O) groups excluding carboxylic acids is 1. The summed E-state index contributed by atoms with van der Waals surface area (Å²) in [4.78, 5) is 15.6. The van der Waals surface area contributed by atoms with Gasteiger partial charge in [0.1, 0.15) is 0 Å². The van der Waals surface area contributed by atoms with E-state index in [1.807, 2.05) is 24.5 Å². The normalized spacial score (nSPS) is 17.4. The van der Waals surface area contributed by atoms with Gasteiger partial charge >= 0.3 is 0 Å². The zero-order chi connectivity index (χ0) is 13.7. The van der Waals surface area contributed by atoms with Gasteiger partial charge in [-0.2, -0.15) is 0 Å². The number of piperidine rings is 1. The van der Waals surface area contributed by atoms with Crippen molar-refractivity contribution >= 4 is 17.7 Å². The number of amides is 1. The lowest BCUT2D eigenvalue weighted by Gasteiger charge is -2.29. The average Bonchev–Trinajstić information content (AvgIpc) is 2.42. The zero-order valence-corrected chi connectivity index (χ0v) is 12.5. The fourth-order valence-electron chi connectivity index (χ4n) is 2.45. The molecule has 1 fully saturated rings. The van der Waals surface area contributed by atoms with E-state index in [4.69, 9.17) is 0 Å². The van der Waals surface area contributed by atoms with Gasteiger partial charge in [-0.05, 0) is 50.9 Å². The lowest BCUT2D eigenvalue weighted by molar-refractivity contribution is -0.121. The number of hydrogen-bond acceptors (Lipinski definition) is 3. The summed E-state index contributed by atoms with van der Waals surface area (Å²) in [6.45, 7) is 2.15. The van der Waals surface area contributed by atoms with Gasteiger partial charge in [-0.3, -0.25) is 4.79 Å². The van der Waals surface area contributed by atoms with Gasteiger partial charge in [0, 0.05) is 10.9 Å². The maximum atomic E-state index is 12.1. The van der Waals surface area contributed by atoms with Crippen molar-refractivity contribution in [2.45, 2.75) is 30.2 Å². The van der Waals surface area contributed by atoms with Crippen LogP contribution in [0.1, 0.15) is 18.4 Å². The van der Waals surface area contributed by atoms with Gasteiger partial charge in [-0.15, -0.1) is 11.8 Å². The summed E-state index contributed by atoms with van der Waals surface area (Å²) in [5.74, 6) is 0.149. The first-order valence-electron chi connectivity index (χ1n) is 6.79. The maximum Gasteiger partial charge on any atom is 0.224 e. The van der Waals surface area contributed by atoms with Crippen molar-refractivity contribution in [3.05, 3.63) is 29.8 Å². The van der Waals surface area contributed by atoms with E-state index in [2.05, 4.69) is 23.3 Å². The number of nitrogens with zero attached hydrogens (tertiary/aromatic N) is 1. The zero-order valence-electron chi connectivity index (χ0n) is 11.7. The average molecular weight is 278 g/mol. The number of rotatable bonds is 4. The largest absolute Gasteiger partial charge is 0.353 e. The highest BCUT2D eigenvalue weighted by Crippen LogP contribution is 2.20. The van der Waals surface area contributed by atoms with Crippen molar-refractivity contribution in [3.8, 4) is 0 Å². The predicted octanol–water partition coefficient (Wildman–Crippen LogP) is 2.16. The second-order valence-electron chi connectivity index (χ2n) is 5.13. The molecule has 1 N–H and O–H groups in total. The minimum atomic E-state index is 0.149. The van der Waals surface area contributed by atoms with Crippen molar-refractivity contribution in [2.24, 2.45) is 0 Å². The molecule has 1 heterocycles. The third-order valence-electron chi connectivity index (χ3n) is 3.63. The van der Waals surface area contributed by atoms with Crippen molar-refractivity contribution in [3.63, 3.8) is 0 Å². The monoisotopic (exact) mass is 278 g/mol. The van der Waals surface area contributed by atoms with E-state index in [0.717, 1.165) is 31.5 Å². The van der Waals surface area contributed by atoms with Gasteiger partial charge in [-0.25, -0.2) is 0 Å². The van der Waals surface area contributed by atoms with E-state index in [9.17, 15) is 4.79 Å². The molecule has 0 atom stereocenters. The van der Waals surface area contributed by atoms with Crippen LogP contribution in [0.25, 0.3) is 0 Å². The highest BCUT2D eigenvalue weighted by Gasteiger charge is 2.18. The number of nitrogens with one attached hydrogen (secondary N) is 1. The summed E-state index contributed by atoms with van der Waals surface area (Å²) in [6.07, 6.45) is 4.66. The molecular weight excluding hydrogens is 256 g/mol. The highest BCUT2D eigenvalue weighted by atomic mass is 32.2. The molecule has 19 heavy (non-hydrogen) atoms. The number of likely N-dealkylation sites (tertiary alicyclic amines) is 1. The van der Waals surface area contributed by atoms with Gasteiger partial charge < -0.3 is 10.2 Å². The molecule has 0 aromatic heterocycles. The molecule has 104 valence electrons. The Morgan fingerprint density at radius 3 is 2.74 bits per heavy atom. The predicted molar refractivity (Wildman–Crippen MR) is 80.6 cm³/mol. The summed E-state index contributed by atoms with van der Waals surface area (Å²) in [5.41, 5.74) is 1.13. The summed E-state index contributed by atoms with van der Waals surface area (Å²) < 4.78 is 0. The van der Waals surface area contributed by atoms with Gasteiger partial charge in [0.25, 0.3) is 0 Å². The van der Waals surface area contributed by atoms with Crippen molar-refractivity contribution in [2.75, 3.05) is 26.4 Å². The van der Waals surface area contributed by atoms with Gasteiger partial charge in [0.2, 0.25) is 5.91 Å². The molecule has 0 radical (unpaired) electrons. The first kappa shape index (κ1) is 14.4. The van der Waals surface area contributed by atoms with Crippen LogP contribution in [0.5, 0.6) is 0 Å². The first-order valence-corrected chi connectivity index (χ1v) is 8.01. The number of thioether (sulfide) groups is 1. The summed E-state index contributed by atoms with van der Waals surface area (Å²) in [7, 11) is 2.13. The molecule has 2 rings (SSSR count). The highest BCUT2D eigenvalue weighted by molar-refractivity contribution is 7.98. The van der Waals surface area contributed by atoms with E-state index >= 15 is 0 Å². The van der Waals surface area contributed by atoms with Crippen LogP contribution in [-0.2, 0) is 11.2 Å². The standard InChI is InChI=1S/C15H22N2OS/c1-17-9-7-13(8-10-17)16-15(18)11-12-5-3-4-6-14(12)19-2/h3-6,13H,7-11H2,1-2H3,(H,16,18). The molecule has 4 heteroatoms. The molecule has 0 saturated carbocycles. The number of hydrogen-bond donors (Lipinski definition) is 1. The molecular formula is C15H22N2OS. The van der Waals surface area contributed by atoms with E-state index in [-0.39, 0.29) is 5.91 Å². The van der Waals surface area contributed by atoms with E-state index in [1.165, 1.54) is 4.90 Å². The second-order valence-corrected chi connectivity index (χ2v) is 5.98. The molecule has 1 aliphatic heterocycles. The number of benzene rings is 1. The van der Waals surface area contributed by atoms with Crippen LogP contribution < -0.4 is 5.32 Å². The SMILES string of the molecule is CSc1ccccc1CC(=O)NC1CCN(C)CC1. The molecule has 0 spiro atoms. The molecule has 0 bridgehead atoms. The van der Waals surface area contributed by atoms with Crippen LogP contribution in [0.3, 0.4) is 0 Å². The topological polar surface area (TPSA) is 32.3 Å². The van der Waals surface area contributed by atoms with Crippen molar-refractivity contribution in [1.82, 2.24) is 10.2 Å². The maximum absolute atomic E-state index is 12.1. The Balaban J connectivity index is 1.87. The van der Waals surface area contributed by atoms with Crippen LogP contribution in [0.4, 0.5) is 0 Å². The summed E-state index contributed by atoms with van der Waals surface area (Å²) in [5, 5.41) is 3.16. The first-order chi connectivity index (χ1) is 9.19. The lowest BCUT2D eigenvalue weighted by Crippen LogP contribution is -2.43. The molecule has 1 aliphatic rings. The van der Waals surface area contributed by atoms with E-state index < -0.39 is 0 Å². The Hall–Kier alpha value is -1.00. The quantitative estimate of drug-likeness (QED) is 0.857. The summed E-state index contributed by atoms with van der Waals surface area (Å²) >= 11 is 1.70. The second kappa shape index (κ2) is 6.96. The third-order valence-corrected chi connectivity index (χ3v) is 4.47. The Labute approximate surface area is 119 Å². The molecule has 1 aromatic carbocycles. The van der Waals surface area contributed by atoms with Gasteiger partial charge in [-0.1, -0.05) is 18.2 Å². The van der Waals surface area contributed by atoms with Gasteiger partial charge in [0.05, 0.1) is 6.42 Å². The third kappa shape index (κ3) is 4.25. The fourth-order valence-corrected chi connectivity index (χ4v) is 3.07. The van der Waals surface area contributed by atoms with Gasteiger partial charge in [0.15, 0.2) is 0 Å². The van der Waals surface area contributed by atoms with Crippen LogP contribution >= 0.6 is 11.8 Å². The van der Waals surface area contributed by atoms with E-state index in [0.29, 0.717) is 12.5 Å². The molecule has 1 aromatic rings. The molecule has 0 aliphatic carbocycles. The fraction of sp³-hybridized carbons (Fsp3) is 0.533. The van der Waals surface area contributed by atoms with Crippen LogP contribution in [-0.4, -0.2) is 43.2 Å². The summed E-state index contributed by atoms with van der Waals surface area (Å²) in [6, 6.07) is 8.48. The minimum absolute atomic E-state index is 0.149. The Morgan fingerprint density at radius 2 is 2.05 bits per heavy atom. The Bertz CT molecular complexity index is 428. The molecule has 1 saturated heterocycles. The smallest absolute Gasteiger partial charge is 0.224 e. The Kier molecular flexibility index (Phi) is 5.28. The van der Waals surface area contributed by atoms with Crippen molar-refractivity contribution in [1.29, 1.82) is 0 Å². The van der Waals surface area contributed by atoms with Crippen LogP contribution in [0.15, 0.2) is 29.2 Å². The molecule has 0 unspecified atom stereocenters. The van der Waals surface area contributed by atoms with E-state index in [1.54, 1.807) is 11.8 Å².